The molecule has 2 saturated heterocycles. The molecule has 0 unspecified atom stereocenters. The Bertz CT molecular complexity index is 761. The van der Waals surface area contributed by atoms with E-state index in [9.17, 15) is 0 Å². The van der Waals surface area contributed by atoms with Crippen molar-refractivity contribution in [2.75, 3.05) is 0 Å². The van der Waals surface area contributed by atoms with Crippen LogP contribution in [0.4, 0.5) is 0 Å². The molecule has 0 spiro atoms. The third kappa shape index (κ3) is 4.13. The highest BCUT2D eigenvalue weighted by atomic mass is 32.4. The van der Waals surface area contributed by atoms with Crippen molar-refractivity contribution >= 4 is 46.3 Å². The van der Waals surface area contributed by atoms with E-state index in [1.807, 2.05) is 0 Å². The minimum Gasteiger partial charge on any atom is -0.0920 e. The van der Waals surface area contributed by atoms with E-state index in [1.165, 1.54) is 36.3 Å². The highest BCUT2D eigenvalue weighted by Crippen LogP contribution is 2.62. The van der Waals surface area contributed by atoms with Gasteiger partial charge in [0.2, 0.25) is 0 Å². The molecule has 2 fully saturated rings. The quantitative estimate of drug-likeness (QED) is 0.468. The molecule has 0 N–H and O–H groups in total. The van der Waals surface area contributed by atoms with Gasteiger partial charge in [-0.1, -0.05) is 112 Å². The highest BCUT2D eigenvalue weighted by molar-refractivity contribution is 8.19. The summed E-state index contributed by atoms with van der Waals surface area (Å²) in [7, 11) is 0. The fourth-order valence-electron chi connectivity index (χ4n) is 4.94. The van der Waals surface area contributed by atoms with E-state index in [0.717, 1.165) is 22.6 Å². The minimum atomic E-state index is -1.27. The zero-order valence-corrected chi connectivity index (χ0v) is 21.0. The van der Waals surface area contributed by atoms with E-state index in [-0.39, 0.29) is 0 Å². The first-order valence-corrected chi connectivity index (χ1v) is 16.5. The van der Waals surface area contributed by atoms with Gasteiger partial charge in [-0.15, -0.1) is 0 Å². The van der Waals surface area contributed by atoms with Gasteiger partial charge in [0.15, 0.2) is 0 Å². The maximum absolute atomic E-state index is 5.99. The predicted octanol–water partition coefficient (Wildman–Crippen LogP) is 6.72. The molecule has 28 heavy (non-hydrogen) atoms. The fraction of sp³-hybridized carbons (Fsp3) is 0.500. The Labute approximate surface area is 182 Å². The number of rotatable bonds is 2. The van der Waals surface area contributed by atoms with Crippen molar-refractivity contribution in [3.63, 3.8) is 0 Å². The molecule has 4 atom stereocenters. The molecular weight excluding hydrogens is 414 g/mol. The SMILES string of the molecule is C[C@@H]1CC[C@@H](C)P1(=S)c1ccccc1.C[C@@H]1CC[C@@H](C)P1(=S)c1ccccc1. The molecule has 2 aromatic rings. The van der Waals surface area contributed by atoms with Crippen LogP contribution in [-0.4, -0.2) is 22.6 Å². The maximum Gasteiger partial charge on any atom is -0.0107 e. The van der Waals surface area contributed by atoms with E-state index < -0.39 is 12.1 Å². The van der Waals surface area contributed by atoms with Gasteiger partial charge in [-0.3, -0.25) is 0 Å². The van der Waals surface area contributed by atoms with Crippen LogP contribution in [0.5, 0.6) is 0 Å². The third-order valence-corrected chi connectivity index (χ3v) is 21.0. The number of hydrogen-bond donors (Lipinski definition) is 0. The van der Waals surface area contributed by atoms with Crippen molar-refractivity contribution in [2.24, 2.45) is 0 Å². The van der Waals surface area contributed by atoms with Crippen LogP contribution in [0.15, 0.2) is 60.7 Å². The summed E-state index contributed by atoms with van der Waals surface area (Å²) in [4.78, 5) is 0. The second kappa shape index (κ2) is 9.26. The summed E-state index contributed by atoms with van der Waals surface area (Å²) in [5.74, 6) is 0. The summed E-state index contributed by atoms with van der Waals surface area (Å²) in [6.07, 6.45) is 5.31. The smallest absolute Gasteiger partial charge is 0.0107 e. The van der Waals surface area contributed by atoms with Gasteiger partial charge < -0.3 is 0 Å². The van der Waals surface area contributed by atoms with E-state index in [4.69, 9.17) is 23.6 Å². The average molecular weight is 449 g/mol. The van der Waals surface area contributed by atoms with E-state index >= 15 is 0 Å². The molecule has 2 aliphatic rings. The van der Waals surface area contributed by atoms with Gasteiger partial charge in [0, 0.05) is 0 Å². The molecule has 0 radical (unpaired) electrons. The largest absolute Gasteiger partial charge is 0.0920 e. The molecule has 2 aromatic carbocycles. The van der Waals surface area contributed by atoms with Crippen LogP contribution in [0.25, 0.3) is 0 Å². The lowest BCUT2D eigenvalue weighted by atomic mass is 10.2. The van der Waals surface area contributed by atoms with Crippen LogP contribution in [-0.2, 0) is 23.6 Å². The maximum atomic E-state index is 5.99. The van der Waals surface area contributed by atoms with Crippen LogP contribution in [0, 0.1) is 0 Å². The van der Waals surface area contributed by atoms with Crippen LogP contribution in [0.2, 0.25) is 0 Å². The molecule has 2 aliphatic heterocycles. The molecule has 4 rings (SSSR count). The van der Waals surface area contributed by atoms with Crippen molar-refractivity contribution in [2.45, 2.75) is 76.0 Å². The first-order chi connectivity index (χ1) is 13.3. The normalized spacial score (nSPS) is 30.4. The second-order valence-corrected chi connectivity index (χ2v) is 19.7. The van der Waals surface area contributed by atoms with Crippen LogP contribution in [0.1, 0.15) is 53.4 Å². The third-order valence-electron chi connectivity index (χ3n) is 6.94. The topological polar surface area (TPSA) is 0 Å². The molecule has 0 aliphatic carbocycles. The molecule has 2 heterocycles. The molecular formula is C24H34P2S2. The average Bonchev–Trinajstić information content (AvgIpc) is 3.15. The standard InChI is InChI=1S/2C12H17PS/c2*1-10-8-9-11(2)13(10,14)12-6-4-3-5-7-12/h2*3-7,10-11H,8-9H2,1-2H3/t2*10-,11-/m11/s1. The van der Waals surface area contributed by atoms with E-state index in [0.29, 0.717) is 0 Å². The summed E-state index contributed by atoms with van der Waals surface area (Å²) in [6, 6.07) is 19.1. The van der Waals surface area contributed by atoms with Crippen LogP contribution >= 0.6 is 12.1 Å². The van der Waals surface area contributed by atoms with E-state index in [1.54, 1.807) is 0 Å². The summed E-state index contributed by atoms with van der Waals surface area (Å²) in [5, 5.41) is 2.90. The van der Waals surface area contributed by atoms with E-state index in [2.05, 4.69) is 88.4 Å². The number of hydrogen-bond acceptors (Lipinski definition) is 2. The molecule has 0 aromatic heterocycles. The Morgan fingerprint density at radius 3 is 1.04 bits per heavy atom. The zero-order valence-electron chi connectivity index (χ0n) is 17.6. The van der Waals surface area contributed by atoms with Crippen LogP contribution in [0.3, 0.4) is 0 Å². The van der Waals surface area contributed by atoms with Crippen molar-refractivity contribution in [1.29, 1.82) is 0 Å². The summed E-state index contributed by atoms with van der Waals surface area (Å²) >= 11 is 12.0. The van der Waals surface area contributed by atoms with Gasteiger partial charge >= 0.3 is 0 Å². The van der Waals surface area contributed by atoms with Gasteiger partial charge in [-0.2, -0.15) is 0 Å². The molecule has 0 saturated carbocycles. The fourth-order valence-corrected chi connectivity index (χ4v) is 14.1. The summed E-state index contributed by atoms with van der Waals surface area (Å²) in [5.41, 5.74) is 2.98. The van der Waals surface area contributed by atoms with Gasteiger partial charge in [-0.25, -0.2) is 0 Å². The lowest BCUT2D eigenvalue weighted by Crippen LogP contribution is -2.14. The van der Waals surface area contributed by atoms with Crippen LogP contribution < -0.4 is 10.6 Å². The molecule has 4 heteroatoms. The molecule has 0 bridgehead atoms. The summed E-state index contributed by atoms with van der Waals surface area (Å²) in [6.45, 7) is 9.38. The van der Waals surface area contributed by atoms with Gasteiger partial charge in [0.05, 0.1) is 0 Å². The van der Waals surface area contributed by atoms with Crippen molar-refractivity contribution < 1.29 is 0 Å². The van der Waals surface area contributed by atoms with Crippen molar-refractivity contribution in [1.82, 2.24) is 0 Å². The Morgan fingerprint density at radius 2 is 0.786 bits per heavy atom. The van der Waals surface area contributed by atoms with Crippen molar-refractivity contribution in [3.05, 3.63) is 60.7 Å². The monoisotopic (exact) mass is 448 g/mol. The Hall–Kier alpha value is -0.260. The Morgan fingerprint density at radius 1 is 0.536 bits per heavy atom. The molecule has 0 nitrogen and oxygen atoms in total. The molecule has 152 valence electrons. The number of benzene rings is 2. The Kier molecular flexibility index (Phi) is 7.42. The highest BCUT2D eigenvalue weighted by Gasteiger charge is 2.38. The lowest BCUT2D eigenvalue weighted by Gasteiger charge is -2.26. The Balaban J connectivity index is 0.000000161. The van der Waals surface area contributed by atoms with Crippen molar-refractivity contribution in [3.8, 4) is 0 Å². The van der Waals surface area contributed by atoms with Gasteiger partial charge in [0.1, 0.15) is 0 Å². The summed E-state index contributed by atoms with van der Waals surface area (Å²) < 4.78 is 0. The first-order valence-electron chi connectivity index (χ1n) is 10.6. The van der Waals surface area contributed by atoms with Gasteiger partial charge in [0.25, 0.3) is 0 Å². The lowest BCUT2D eigenvalue weighted by molar-refractivity contribution is 0.777. The first kappa shape index (κ1) is 22.4. The predicted molar refractivity (Wildman–Crippen MR) is 137 cm³/mol. The zero-order chi connectivity index (χ0) is 20.4. The second-order valence-electron chi connectivity index (χ2n) is 8.64. The minimum absolute atomic E-state index is 0.745. The van der Waals surface area contributed by atoms with Gasteiger partial charge in [-0.05, 0) is 71.0 Å². The molecule has 0 amide bonds.